The van der Waals surface area contributed by atoms with Crippen molar-refractivity contribution in [2.45, 2.75) is 57.4 Å². The van der Waals surface area contributed by atoms with Crippen LogP contribution in [0.3, 0.4) is 0 Å². The van der Waals surface area contributed by atoms with Gasteiger partial charge in [0.25, 0.3) is 5.89 Å². The highest BCUT2D eigenvalue weighted by molar-refractivity contribution is 5.80. The van der Waals surface area contributed by atoms with Crippen LogP contribution in [0.2, 0.25) is 0 Å². The summed E-state index contributed by atoms with van der Waals surface area (Å²) in [5.74, 6) is 1.89. The van der Waals surface area contributed by atoms with Crippen molar-refractivity contribution in [3.63, 3.8) is 0 Å². The van der Waals surface area contributed by atoms with Gasteiger partial charge >= 0.3 is 0 Å². The van der Waals surface area contributed by atoms with Crippen LogP contribution in [-0.4, -0.2) is 23.2 Å². The van der Waals surface area contributed by atoms with E-state index in [1.54, 1.807) is 7.11 Å². The average Bonchev–Trinajstić information content (AvgIpc) is 3.13. The van der Waals surface area contributed by atoms with Gasteiger partial charge in [0.2, 0.25) is 5.91 Å². The number of para-hydroxylation sites is 1. The molecule has 6 heteroatoms. The Bertz CT molecular complexity index is 720. The van der Waals surface area contributed by atoms with Gasteiger partial charge in [0.15, 0.2) is 5.82 Å². The predicted octanol–water partition coefficient (Wildman–Crippen LogP) is 3.16. The standard InChI is InChI=1S/C19H25N3O3/c1-3-16-20-18(25-22-16)19(11-7-4-8-12-19)21-17(23)13-14-9-5-6-10-15(14)24-2/h5-6,9-10H,3-4,7-8,11-13H2,1-2H3,(H,21,23). The van der Waals surface area contributed by atoms with Crippen LogP contribution in [0.15, 0.2) is 28.8 Å². The average molecular weight is 343 g/mol. The fourth-order valence-corrected chi connectivity index (χ4v) is 3.47. The molecule has 0 aliphatic heterocycles. The molecule has 2 aromatic rings. The van der Waals surface area contributed by atoms with Gasteiger partial charge in [0, 0.05) is 12.0 Å². The van der Waals surface area contributed by atoms with Gasteiger partial charge in [-0.2, -0.15) is 4.98 Å². The Morgan fingerprint density at radius 1 is 1.28 bits per heavy atom. The molecule has 1 amide bonds. The van der Waals surface area contributed by atoms with Crippen molar-refractivity contribution in [3.05, 3.63) is 41.5 Å². The van der Waals surface area contributed by atoms with Gasteiger partial charge in [-0.1, -0.05) is 49.5 Å². The molecule has 0 saturated heterocycles. The highest BCUT2D eigenvalue weighted by atomic mass is 16.5. The highest BCUT2D eigenvalue weighted by Crippen LogP contribution is 2.36. The predicted molar refractivity (Wildman–Crippen MR) is 93.3 cm³/mol. The van der Waals surface area contributed by atoms with Crippen molar-refractivity contribution in [2.75, 3.05) is 7.11 Å². The second kappa shape index (κ2) is 7.68. The summed E-state index contributed by atoms with van der Waals surface area (Å²) in [5.41, 5.74) is 0.325. The van der Waals surface area contributed by atoms with Crippen LogP contribution in [0.1, 0.15) is 56.3 Å². The van der Waals surface area contributed by atoms with Crippen molar-refractivity contribution >= 4 is 5.91 Å². The molecule has 0 spiro atoms. The SMILES string of the molecule is CCc1noc(C2(NC(=O)Cc3ccccc3OC)CCCCC2)n1. The Kier molecular flexibility index (Phi) is 5.36. The van der Waals surface area contributed by atoms with E-state index in [0.29, 0.717) is 11.7 Å². The molecule has 0 unspecified atom stereocenters. The van der Waals surface area contributed by atoms with Gasteiger partial charge in [-0.3, -0.25) is 4.79 Å². The molecular weight excluding hydrogens is 318 g/mol. The van der Waals surface area contributed by atoms with Gasteiger partial charge in [0.1, 0.15) is 11.3 Å². The van der Waals surface area contributed by atoms with Gasteiger partial charge in [-0.25, -0.2) is 0 Å². The summed E-state index contributed by atoms with van der Waals surface area (Å²) in [6.07, 6.45) is 5.89. The molecule has 1 saturated carbocycles. The first kappa shape index (κ1) is 17.5. The van der Waals surface area contributed by atoms with Crippen molar-refractivity contribution in [1.29, 1.82) is 0 Å². The maximum atomic E-state index is 12.7. The first-order valence-electron chi connectivity index (χ1n) is 8.93. The van der Waals surface area contributed by atoms with E-state index in [1.807, 2.05) is 31.2 Å². The summed E-state index contributed by atoms with van der Waals surface area (Å²) in [4.78, 5) is 17.2. The number of hydrogen-bond acceptors (Lipinski definition) is 5. The topological polar surface area (TPSA) is 77.2 Å². The molecular formula is C19H25N3O3. The van der Waals surface area contributed by atoms with Crippen LogP contribution < -0.4 is 10.1 Å². The van der Waals surface area contributed by atoms with Gasteiger partial charge in [-0.05, 0) is 18.9 Å². The minimum atomic E-state index is -0.544. The van der Waals surface area contributed by atoms with Crippen molar-refractivity contribution in [2.24, 2.45) is 0 Å². The zero-order valence-electron chi connectivity index (χ0n) is 14.9. The molecule has 134 valence electrons. The summed E-state index contributed by atoms with van der Waals surface area (Å²) in [5, 5.41) is 7.21. The van der Waals surface area contributed by atoms with Crippen LogP contribution in [0, 0.1) is 0 Å². The van der Waals surface area contributed by atoms with Crippen LogP contribution in [0.5, 0.6) is 5.75 Å². The molecule has 0 atom stereocenters. The number of methoxy groups -OCH3 is 1. The third-order valence-electron chi connectivity index (χ3n) is 4.82. The van der Waals surface area contributed by atoms with E-state index in [4.69, 9.17) is 9.26 Å². The molecule has 1 aliphatic carbocycles. The summed E-state index contributed by atoms with van der Waals surface area (Å²) in [6.45, 7) is 1.99. The summed E-state index contributed by atoms with van der Waals surface area (Å²) < 4.78 is 10.8. The molecule has 1 heterocycles. The van der Waals surface area contributed by atoms with E-state index in [9.17, 15) is 4.79 Å². The number of hydrogen-bond donors (Lipinski definition) is 1. The van der Waals surface area contributed by atoms with Crippen LogP contribution in [-0.2, 0) is 23.2 Å². The molecule has 0 radical (unpaired) electrons. The molecule has 1 aromatic heterocycles. The highest BCUT2D eigenvalue weighted by Gasteiger charge is 2.40. The zero-order valence-corrected chi connectivity index (χ0v) is 14.9. The normalized spacial score (nSPS) is 16.4. The van der Waals surface area contributed by atoms with Gasteiger partial charge in [0.05, 0.1) is 13.5 Å². The number of ether oxygens (including phenoxy) is 1. The van der Waals surface area contributed by atoms with Crippen LogP contribution in [0.4, 0.5) is 0 Å². The molecule has 1 aromatic carbocycles. The number of nitrogens with one attached hydrogen (secondary N) is 1. The Balaban J connectivity index is 1.79. The van der Waals surface area contributed by atoms with Crippen molar-refractivity contribution < 1.29 is 14.1 Å². The summed E-state index contributed by atoms with van der Waals surface area (Å²) in [7, 11) is 1.62. The van der Waals surface area contributed by atoms with E-state index in [1.165, 1.54) is 6.42 Å². The van der Waals surface area contributed by atoms with Crippen molar-refractivity contribution in [1.82, 2.24) is 15.5 Å². The lowest BCUT2D eigenvalue weighted by Gasteiger charge is -2.34. The molecule has 3 rings (SSSR count). The Morgan fingerprint density at radius 2 is 2.04 bits per heavy atom. The smallest absolute Gasteiger partial charge is 0.252 e. The number of carbonyl (C=O) groups is 1. The second-order valence-corrected chi connectivity index (χ2v) is 6.55. The molecule has 1 fully saturated rings. The maximum absolute atomic E-state index is 12.7. The monoisotopic (exact) mass is 343 g/mol. The lowest BCUT2D eigenvalue weighted by atomic mass is 9.81. The van der Waals surface area contributed by atoms with E-state index in [2.05, 4.69) is 15.5 Å². The third kappa shape index (κ3) is 3.83. The maximum Gasteiger partial charge on any atom is 0.252 e. The zero-order chi connectivity index (χ0) is 17.7. The molecule has 6 nitrogen and oxygen atoms in total. The van der Waals surface area contributed by atoms with E-state index >= 15 is 0 Å². The number of rotatable bonds is 6. The van der Waals surface area contributed by atoms with Crippen LogP contribution in [0.25, 0.3) is 0 Å². The van der Waals surface area contributed by atoms with E-state index in [0.717, 1.165) is 43.4 Å². The quantitative estimate of drug-likeness (QED) is 0.872. The van der Waals surface area contributed by atoms with Crippen LogP contribution >= 0.6 is 0 Å². The van der Waals surface area contributed by atoms with E-state index in [-0.39, 0.29) is 12.3 Å². The second-order valence-electron chi connectivity index (χ2n) is 6.55. The molecule has 0 bridgehead atoms. The number of amides is 1. The number of carbonyl (C=O) groups excluding carboxylic acids is 1. The molecule has 25 heavy (non-hydrogen) atoms. The minimum absolute atomic E-state index is 0.0531. The van der Waals surface area contributed by atoms with Crippen molar-refractivity contribution in [3.8, 4) is 5.75 Å². The number of aromatic nitrogens is 2. The fourth-order valence-electron chi connectivity index (χ4n) is 3.47. The molecule has 1 aliphatic rings. The number of nitrogens with zero attached hydrogens (tertiary/aromatic N) is 2. The summed E-state index contributed by atoms with van der Waals surface area (Å²) in [6, 6.07) is 7.58. The Morgan fingerprint density at radius 3 is 2.72 bits per heavy atom. The number of aryl methyl sites for hydroxylation is 1. The Labute approximate surface area is 148 Å². The lowest BCUT2D eigenvalue weighted by molar-refractivity contribution is -0.123. The fraction of sp³-hybridized carbons (Fsp3) is 0.526. The Hall–Kier alpha value is -2.37. The largest absolute Gasteiger partial charge is 0.496 e. The molecule has 1 N–H and O–H groups in total. The first-order chi connectivity index (χ1) is 12.2. The lowest BCUT2D eigenvalue weighted by Crippen LogP contribution is -2.48. The van der Waals surface area contributed by atoms with E-state index < -0.39 is 5.54 Å². The third-order valence-corrected chi connectivity index (χ3v) is 4.82. The van der Waals surface area contributed by atoms with Gasteiger partial charge < -0.3 is 14.6 Å². The first-order valence-corrected chi connectivity index (χ1v) is 8.93. The summed E-state index contributed by atoms with van der Waals surface area (Å²) >= 11 is 0. The number of benzene rings is 1. The minimum Gasteiger partial charge on any atom is -0.496 e. The van der Waals surface area contributed by atoms with Gasteiger partial charge in [-0.15, -0.1) is 0 Å².